The van der Waals surface area contributed by atoms with E-state index in [1.54, 1.807) is 54.7 Å². The molecule has 0 bridgehead atoms. The van der Waals surface area contributed by atoms with Gasteiger partial charge in [-0.15, -0.1) is 0 Å². The Bertz CT molecular complexity index is 1430. The molecule has 0 spiro atoms. The summed E-state index contributed by atoms with van der Waals surface area (Å²) in [5.41, 5.74) is 0.216. The molecule has 1 fully saturated rings. The van der Waals surface area contributed by atoms with Crippen molar-refractivity contribution in [3.8, 4) is 5.88 Å². The highest BCUT2D eigenvalue weighted by Gasteiger charge is 2.33. The minimum atomic E-state index is -4.62. The van der Waals surface area contributed by atoms with Crippen LogP contribution in [0.5, 0.6) is 5.88 Å². The Morgan fingerprint density at radius 1 is 1.07 bits per heavy atom. The van der Waals surface area contributed by atoms with Crippen molar-refractivity contribution in [3.05, 3.63) is 89.1 Å². The van der Waals surface area contributed by atoms with E-state index in [0.29, 0.717) is 23.6 Å². The lowest BCUT2D eigenvalue weighted by Gasteiger charge is -2.32. The van der Waals surface area contributed by atoms with Crippen molar-refractivity contribution in [3.63, 3.8) is 0 Å². The predicted molar refractivity (Wildman–Crippen MR) is 151 cm³/mol. The van der Waals surface area contributed by atoms with Crippen LogP contribution in [-0.2, 0) is 27.0 Å². The Kier molecular flexibility index (Phi) is 10.7. The molecule has 14 heteroatoms. The van der Waals surface area contributed by atoms with Crippen LogP contribution in [-0.4, -0.2) is 69.4 Å². The van der Waals surface area contributed by atoms with Gasteiger partial charge in [-0.1, -0.05) is 29.8 Å². The third kappa shape index (κ3) is 9.77. The molecule has 3 aromatic rings. The lowest BCUT2D eigenvalue weighted by Crippen LogP contribution is -2.51. The zero-order chi connectivity index (χ0) is 30.8. The Balaban J connectivity index is 1.29. The van der Waals surface area contributed by atoms with Crippen LogP contribution < -0.4 is 15.4 Å². The second kappa shape index (κ2) is 14.6. The first-order valence-electron chi connectivity index (χ1n) is 13.3. The van der Waals surface area contributed by atoms with Crippen LogP contribution >= 0.6 is 11.6 Å². The monoisotopic (exact) mass is 616 g/mol. The molecule has 0 saturated carbocycles. The number of piperidine rings is 1. The van der Waals surface area contributed by atoms with E-state index in [-0.39, 0.29) is 37.8 Å². The van der Waals surface area contributed by atoms with Crippen LogP contribution in [0.15, 0.2) is 67.1 Å². The number of benzene rings is 1. The molecule has 4 rings (SSSR count). The van der Waals surface area contributed by atoms with Gasteiger partial charge in [0.25, 0.3) is 0 Å². The summed E-state index contributed by atoms with van der Waals surface area (Å²) < 4.78 is 44.3. The maximum absolute atomic E-state index is 13.1. The topological polar surface area (TPSA) is 126 Å². The summed E-state index contributed by atoms with van der Waals surface area (Å²) in [4.78, 5) is 51.2. The standard InChI is InChI=1S/C29H28ClF3N6O4/c30-20-7-4-19(5-8-20)6-9-25(40)38-23(15-21-3-1-2-12-34-21)28(42)35-17-27(41)39-13-10-22(11-14-39)43-26-16-24(29(31,32)33)36-18-37-26/h1-9,12,16,18,22-23H,10-11,13-15,17H2,(H,35,42)(H,38,40). The number of hydrogen-bond acceptors (Lipinski definition) is 7. The average molecular weight is 617 g/mol. The van der Waals surface area contributed by atoms with E-state index >= 15 is 0 Å². The second-order valence-corrected chi connectivity index (χ2v) is 10.1. The van der Waals surface area contributed by atoms with Crippen molar-refractivity contribution in [2.45, 2.75) is 37.6 Å². The first kappa shape index (κ1) is 31.4. The van der Waals surface area contributed by atoms with Crippen molar-refractivity contribution in [2.75, 3.05) is 19.6 Å². The summed E-state index contributed by atoms with van der Waals surface area (Å²) in [6, 6.07) is 11.8. The Labute approximate surface area is 250 Å². The summed E-state index contributed by atoms with van der Waals surface area (Å²) in [6.07, 6.45) is 1.02. The summed E-state index contributed by atoms with van der Waals surface area (Å²) in [6.45, 7) is 0.251. The van der Waals surface area contributed by atoms with E-state index in [4.69, 9.17) is 16.3 Å². The van der Waals surface area contributed by atoms with Crippen molar-refractivity contribution in [1.29, 1.82) is 0 Å². The Morgan fingerprint density at radius 2 is 1.81 bits per heavy atom. The molecular formula is C29H28ClF3N6O4. The zero-order valence-corrected chi connectivity index (χ0v) is 23.5. The fraction of sp³-hybridized carbons (Fsp3) is 0.310. The molecule has 1 saturated heterocycles. The fourth-order valence-corrected chi connectivity index (χ4v) is 4.38. The molecule has 2 N–H and O–H groups in total. The van der Waals surface area contributed by atoms with Crippen molar-refractivity contribution in [1.82, 2.24) is 30.5 Å². The molecule has 1 aliphatic rings. The summed E-state index contributed by atoms with van der Waals surface area (Å²) in [5, 5.41) is 5.82. The fourth-order valence-electron chi connectivity index (χ4n) is 4.25. The SMILES string of the molecule is O=C(C=Cc1ccc(Cl)cc1)NC(Cc1ccccn1)C(=O)NCC(=O)N1CCC(Oc2cc(C(F)(F)F)ncn2)CC1. The molecule has 1 aliphatic heterocycles. The minimum absolute atomic E-state index is 0.100. The van der Waals surface area contributed by atoms with Crippen LogP contribution in [0.3, 0.4) is 0 Å². The molecule has 43 heavy (non-hydrogen) atoms. The van der Waals surface area contributed by atoms with Gasteiger partial charge in [-0.25, -0.2) is 9.97 Å². The van der Waals surface area contributed by atoms with Crippen LogP contribution in [0.25, 0.3) is 6.08 Å². The van der Waals surface area contributed by atoms with Crippen LogP contribution in [0, 0.1) is 0 Å². The van der Waals surface area contributed by atoms with Gasteiger partial charge in [-0.3, -0.25) is 19.4 Å². The number of pyridine rings is 1. The number of likely N-dealkylation sites (tertiary alicyclic amines) is 1. The third-order valence-electron chi connectivity index (χ3n) is 6.50. The first-order chi connectivity index (χ1) is 20.6. The number of aromatic nitrogens is 3. The van der Waals surface area contributed by atoms with Gasteiger partial charge < -0.3 is 20.3 Å². The van der Waals surface area contributed by atoms with Gasteiger partial charge in [0.2, 0.25) is 23.6 Å². The molecule has 3 heterocycles. The molecule has 1 unspecified atom stereocenters. The van der Waals surface area contributed by atoms with Crippen molar-refractivity contribution in [2.24, 2.45) is 0 Å². The number of ether oxygens (including phenoxy) is 1. The zero-order valence-electron chi connectivity index (χ0n) is 22.8. The van der Waals surface area contributed by atoms with Gasteiger partial charge in [0.05, 0.1) is 6.54 Å². The molecule has 0 aliphatic carbocycles. The quantitative estimate of drug-likeness (QED) is 0.334. The predicted octanol–water partition coefficient (Wildman–Crippen LogP) is 3.47. The van der Waals surface area contributed by atoms with Gasteiger partial charge in [0, 0.05) is 61.4 Å². The highest BCUT2D eigenvalue weighted by molar-refractivity contribution is 6.30. The van der Waals surface area contributed by atoms with Gasteiger partial charge >= 0.3 is 6.18 Å². The van der Waals surface area contributed by atoms with Crippen LogP contribution in [0.4, 0.5) is 13.2 Å². The largest absolute Gasteiger partial charge is 0.474 e. The van der Waals surface area contributed by atoms with Crippen LogP contribution in [0.2, 0.25) is 5.02 Å². The van der Waals surface area contributed by atoms with Gasteiger partial charge in [0.1, 0.15) is 18.5 Å². The lowest BCUT2D eigenvalue weighted by atomic mass is 10.1. The van der Waals surface area contributed by atoms with Gasteiger partial charge in [0.15, 0.2) is 5.69 Å². The lowest BCUT2D eigenvalue weighted by molar-refractivity contribution is -0.141. The molecule has 0 radical (unpaired) electrons. The van der Waals surface area contributed by atoms with E-state index in [0.717, 1.165) is 18.0 Å². The highest BCUT2D eigenvalue weighted by Crippen LogP contribution is 2.29. The second-order valence-electron chi connectivity index (χ2n) is 9.63. The smallest absolute Gasteiger partial charge is 0.433 e. The maximum Gasteiger partial charge on any atom is 0.433 e. The van der Waals surface area contributed by atoms with Gasteiger partial charge in [-0.05, 0) is 35.9 Å². The summed E-state index contributed by atoms with van der Waals surface area (Å²) in [5.74, 6) is -1.61. The molecule has 10 nitrogen and oxygen atoms in total. The molecule has 3 amide bonds. The van der Waals surface area contributed by atoms with Gasteiger partial charge in [-0.2, -0.15) is 13.2 Å². The number of alkyl halides is 3. The number of halogens is 4. The minimum Gasteiger partial charge on any atom is -0.474 e. The van der Waals surface area contributed by atoms with Crippen LogP contribution in [0.1, 0.15) is 29.8 Å². The normalized spacial score (nSPS) is 14.7. The number of rotatable bonds is 10. The number of nitrogens with one attached hydrogen (secondary N) is 2. The summed E-state index contributed by atoms with van der Waals surface area (Å²) >= 11 is 5.89. The molecular weight excluding hydrogens is 589 g/mol. The Morgan fingerprint density at radius 3 is 2.49 bits per heavy atom. The highest BCUT2D eigenvalue weighted by atomic mass is 35.5. The summed E-state index contributed by atoms with van der Waals surface area (Å²) in [7, 11) is 0. The van der Waals surface area contributed by atoms with E-state index in [9.17, 15) is 27.6 Å². The third-order valence-corrected chi connectivity index (χ3v) is 6.75. The van der Waals surface area contributed by atoms with Crippen molar-refractivity contribution >= 4 is 35.4 Å². The maximum atomic E-state index is 13.1. The molecule has 2 aromatic heterocycles. The van der Waals surface area contributed by atoms with E-state index < -0.39 is 35.8 Å². The molecule has 1 aromatic carbocycles. The number of amides is 3. The number of hydrogen-bond donors (Lipinski definition) is 2. The average Bonchev–Trinajstić information content (AvgIpc) is 3.00. The Hall–Kier alpha value is -4.52. The van der Waals surface area contributed by atoms with E-state index in [1.165, 1.54) is 11.0 Å². The van der Waals surface area contributed by atoms with E-state index in [2.05, 4.69) is 25.6 Å². The first-order valence-corrected chi connectivity index (χ1v) is 13.7. The van der Waals surface area contributed by atoms with Crippen molar-refractivity contribution < 1.29 is 32.3 Å². The number of carbonyl (C=O) groups is 3. The number of nitrogens with zero attached hydrogens (tertiary/aromatic N) is 4. The molecule has 226 valence electrons. The van der Waals surface area contributed by atoms with E-state index in [1.807, 2.05) is 0 Å². The molecule has 1 atom stereocenters. The number of carbonyl (C=O) groups excluding carboxylic acids is 3.